The van der Waals surface area contributed by atoms with E-state index in [0.29, 0.717) is 35.2 Å². The van der Waals surface area contributed by atoms with Crippen LogP contribution in [0.15, 0.2) is 23.2 Å². The van der Waals surface area contributed by atoms with Crippen LogP contribution in [0.5, 0.6) is 0 Å². The molecule has 2 unspecified atom stereocenters. The number of benzodiazepines with no additional fused rings is 1. The summed E-state index contributed by atoms with van der Waals surface area (Å²) < 4.78 is 43.0. The maximum absolute atomic E-state index is 12.5. The number of nitrogens with zero attached hydrogens (tertiary/aromatic N) is 1. The molecular weight excluding hydrogens is 345 g/mol. The lowest BCUT2D eigenvalue weighted by atomic mass is 9.94. The number of hydrogen-bond donors (Lipinski definition) is 1. The molecule has 2 heterocycles. The molecule has 8 heteroatoms. The van der Waals surface area contributed by atoms with Gasteiger partial charge >= 0.3 is 6.18 Å². The van der Waals surface area contributed by atoms with E-state index in [9.17, 15) is 18.0 Å². The van der Waals surface area contributed by atoms with E-state index in [4.69, 9.17) is 16.3 Å². The summed E-state index contributed by atoms with van der Waals surface area (Å²) in [5, 5.41) is 3.09. The Morgan fingerprint density at radius 3 is 2.83 bits per heavy atom. The van der Waals surface area contributed by atoms with Crippen LogP contribution < -0.4 is 5.32 Å². The first-order valence-corrected chi connectivity index (χ1v) is 8.04. The number of rotatable bonds is 3. The van der Waals surface area contributed by atoms with E-state index >= 15 is 0 Å². The molecule has 1 aromatic rings. The topological polar surface area (TPSA) is 50.7 Å². The first kappa shape index (κ1) is 17.2. The molecule has 0 spiro atoms. The standard InChI is InChI=1S/C16H16ClF3N2O2/c17-10-1-2-11-13(7-10)22-15(23)12(3-5-16(18,19)20)21-14(11)9-4-6-24-8-9/h1-2,7,9,12H,3-6,8H2,(H,22,23). The molecular formula is C16H16ClF3N2O2. The van der Waals surface area contributed by atoms with Gasteiger partial charge in [-0.05, 0) is 31.0 Å². The quantitative estimate of drug-likeness (QED) is 0.890. The highest BCUT2D eigenvalue weighted by Gasteiger charge is 2.34. The van der Waals surface area contributed by atoms with Crippen molar-refractivity contribution in [3.63, 3.8) is 0 Å². The molecule has 0 radical (unpaired) electrons. The molecule has 2 aliphatic rings. The minimum atomic E-state index is -4.32. The zero-order valence-corrected chi connectivity index (χ0v) is 13.5. The summed E-state index contributed by atoms with van der Waals surface area (Å²) in [6.45, 7) is 1.02. The van der Waals surface area contributed by atoms with Crippen LogP contribution >= 0.6 is 11.6 Å². The van der Waals surface area contributed by atoms with Crippen LogP contribution in [0.25, 0.3) is 0 Å². The molecule has 1 fully saturated rings. The van der Waals surface area contributed by atoms with E-state index in [1.165, 1.54) is 0 Å². The second-order valence-electron chi connectivity index (χ2n) is 5.92. The normalized spacial score (nSPS) is 24.2. The van der Waals surface area contributed by atoms with E-state index in [-0.39, 0.29) is 12.3 Å². The van der Waals surface area contributed by atoms with E-state index in [1.54, 1.807) is 18.2 Å². The fourth-order valence-corrected chi connectivity index (χ4v) is 3.10. The van der Waals surface area contributed by atoms with Gasteiger partial charge in [-0.1, -0.05) is 11.6 Å². The molecule has 1 N–H and O–H groups in total. The monoisotopic (exact) mass is 360 g/mol. The van der Waals surface area contributed by atoms with E-state index in [1.807, 2.05) is 0 Å². The zero-order valence-electron chi connectivity index (χ0n) is 12.7. The Morgan fingerprint density at radius 2 is 2.17 bits per heavy atom. The molecule has 130 valence electrons. The summed E-state index contributed by atoms with van der Waals surface area (Å²) in [5.41, 5.74) is 1.79. The third kappa shape index (κ3) is 3.89. The third-order valence-corrected chi connectivity index (χ3v) is 4.37. The number of hydrogen-bond acceptors (Lipinski definition) is 3. The summed E-state index contributed by atoms with van der Waals surface area (Å²) in [6, 6.07) is 3.93. The van der Waals surface area contributed by atoms with Crippen LogP contribution in [0.4, 0.5) is 18.9 Å². The van der Waals surface area contributed by atoms with Crippen LogP contribution in [0.2, 0.25) is 5.02 Å². The predicted octanol–water partition coefficient (Wildman–Crippen LogP) is 3.83. The van der Waals surface area contributed by atoms with Crippen LogP contribution in [-0.2, 0) is 9.53 Å². The van der Waals surface area contributed by atoms with Crippen molar-refractivity contribution in [2.75, 3.05) is 18.5 Å². The molecule has 0 aliphatic carbocycles. The van der Waals surface area contributed by atoms with Gasteiger partial charge in [0, 0.05) is 29.5 Å². The molecule has 0 aromatic heterocycles. The largest absolute Gasteiger partial charge is 0.389 e. The molecule has 2 aliphatic heterocycles. The Labute approximate surface area is 142 Å². The van der Waals surface area contributed by atoms with Crippen molar-refractivity contribution in [1.29, 1.82) is 0 Å². The van der Waals surface area contributed by atoms with Gasteiger partial charge in [-0.3, -0.25) is 9.79 Å². The average molecular weight is 361 g/mol. The lowest BCUT2D eigenvalue weighted by Gasteiger charge is -2.15. The number of halogens is 4. The van der Waals surface area contributed by atoms with Crippen molar-refractivity contribution < 1.29 is 22.7 Å². The number of nitrogens with one attached hydrogen (secondary N) is 1. The van der Waals surface area contributed by atoms with Gasteiger partial charge in [-0.25, -0.2) is 0 Å². The van der Waals surface area contributed by atoms with Gasteiger partial charge < -0.3 is 10.1 Å². The third-order valence-electron chi connectivity index (χ3n) is 4.13. The molecule has 1 amide bonds. The van der Waals surface area contributed by atoms with Crippen LogP contribution in [0.3, 0.4) is 0 Å². The fourth-order valence-electron chi connectivity index (χ4n) is 2.93. The van der Waals surface area contributed by atoms with Crippen molar-refractivity contribution in [3.8, 4) is 0 Å². The summed E-state index contributed by atoms with van der Waals surface area (Å²) in [4.78, 5) is 16.7. The Bertz CT molecular complexity index is 670. The van der Waals surface area contributed by atoms with Crippen molar-refractivity contribution in [2.45, 2.75) is 31.5 Å². The van der Waals surface area contributed by atoms with Crippen molar-refractivity contribution in [2.24, 2.45) is 10.9 Å². The number of benzene rings is 1. The Kier molecular flexibility index (Phi) is 4.83. The molecule has 2 atom stereocenters. The molecule has 1 saturated heterocycles. The smallest absolute Gasteiger partial charge is 0.381 e. The second kappa shape index (κ2) is 6.72. The van der Waals surface area contributed by atoms with E-state index < -0.39 is 24.5 Å². The number of fused-ring (bicyclic) bond motifs is 1. The molecule has 3 rings (SSSR count). The second-order valence-corrected chi connectivity index (χ2v) is 6.36. The minimum absolute atomic E-state index is 0.0361. The maximum Gasteiger partial charge on any atom is 0.389 e. The van der Waals surface area contributed by atoms with Crippen LogP contribution in [0.1, 0.15) is 24.8 Å². The number of alkyl halides is 3. The highest BCUT2D eigenvalue weighted by atomic mass is 35.5. The summed E-state index contributed by atoms with van der Waals surface area (Å²) in [5.74, 6) is -0.581. The lowest BCUT2D eigenvalue weighted by Crippen LogP contribution is -2.27. The molecule has 0 saturated carbocycles. The van der Waals surface area contributed by atoms with E-state index in [0.717, 1.165) is 6.42 Å². The molecule has 4 nitrogen and oxygen atoms in total. The first-order valence-electron chi connectivity index (χ1n) is 7.66. The predicted molar refractivity (Wildman–Crippen MR) is 84.6 cm³/mol. The highest BCUT2D eigenvalue weighted by Crippen LogP contribution is 2.31. The summed E-state index contributed by atoms with van der Waals surface area (Å²) in [6.07, 6.45) is -5.04. The Hall–Kier alpha value is -1.60. The maximum atomic E-state index is 12.5. The lowest BCUT2D eigenvalue weighted by molar-refractivity contribution is -0.137. The Balaban J connectivity index is 1.96. The summed E-state index contributed by atoms with van der Waals surface area (Å²) in [7, 11) is 0. The highest BCUT2D eigenvalue weighted by molar-refractivity contribution is 6.31. The number of anilines is 1. The zero-order chi connectivity index (χ0) is 17.3. The molecule has 1 aromatic carbocycles. The van der Waals surface area contributed by atoms with Gasteiger partial charge in [-0.2, -0.15) is 13.2 Å². The molecule has 0 bridgehead atoms. The van der Waals surface area contributed by atoms with Crippen molar-refractivity contribution in [1.82, 2.24) is 0 Å². The van der Waals surface area contributed by atoms with Gasteiger partial charge in [0.25, 0.3) is 0 Å². The number of carbonyl (C=O) groups is 1. The number of amides is 1. The van der Waals surface area contributed by atoms with Gasteiger partial charge in [0.2, 0.25) is 5.91 Å². The van der Waals surface area contributed by atoms with Gasteiger partial charge in [0.15, 0.2) is 0 Å². The van der Waals surface area contributed by atoms with Gasteiger partial charge in [0.05, 0.1) is 18.0 Å². The number of carbonyl (C=O) groups excluding carboxylic acids is 1. The summed E-state index contributed by atoms with van der Waals surface area (Å²) >= 11 is 5.98. The SMILES string of the molecule is O=C1Nc2cc(Cl)ccc2C(C2CCOC2)=NC1CCC(F)(F)F. The van der Waals surface area contributed by atoms with Crippen molar-refractivity contribution >= 4 is 28.9 Å². The van der Waals surface area contributed by atoms with Crippen molar-refractivity contribution in [3.05, 3.63) is 28.8 Å². The number of aliphatic imine (C=N–C) groups is 1. The average Bonchev–Trinajstić information content (AvgIpc) is 2.97. The van der Waals surface area contributed by atoms with Crippen LogP contribution in [-0.4, -0.2) is 37.1 Å². The number of ether oxygens (including phenoxy) is 1. The van der Waals surface area contributed by atoms with Gasteiger partial charge in [0.1, 0.15) is 6.04 Å². The fraction of sp³-hybridized carbons (Fsp3) is 0.500. The van der Waals surface area contributed by atoms with Crippen LogP contribution in [0, 0.1) is 5.92 Å². The van der Waals surface area contributed by atoms with E-state index in [2.05, 4.69) is 10.3 Å². The Morgan fingerprint density at radius 1 is 1.38 bits per heavy atom. The molecule has 24 heavy (non-hydrogen) atoms. The van der Waals surface area contributed by atoms with Gasteiger partial charge in [-0.15, -0.1) is 0 Å². The first-order chi connectivity index (χ1) is 11.3. The minimum Gasteiger partial charge on any atom is -0.381 e.